The molecule has 0 unspecified atom stereocenters. The molecule has 0 aliphatic heterocycles. The smallest absolute Gasteiger partial charge is 0.422 e. The van der Waals surface area contributed by atoms with Crippen LogP contribution in [0.25, 0.3) is 11.0 Å². The molecule has 160 valence electrons. The maximum atomic E-state index is 13.2. The fourth-order valence-corrected chi connectivity index (χ4v) is 3.14. The molecule has 0 fully saturated rings. The average molecular weight is 423 g/mol. The number of hydrogen-bond acceptors (Lipinski definition) is 5. The average Bonchev–Trinajstić information content (AvgIpc) is 2.96. The monoisotopic (exact) mass is 423 g/mol. The quantitative estimate of drug-likeness (QED) is 0.569. The molecular formula is C20H20F3N3O4. The number of carbonyl (C=O) groups is 1. The molecule has 0 atom stereocenters. The Morgan fingerprint density at radius 2 is 1.87 bits per heavy atom. The highest BCUT2D eigenvalue weighted by molar-refractivity contribution is 6.00. The normalized spacial score (nSPS) is 11.7. The molecule has 3 aromatic rings. The molecule has 30 heavy (non-hydrogen) atoms. The molecule has 0 bridgehead atoms. The summed E-state index contributed by atoms with van der Waals surface area (Å²) in [6.07, 6.45) is -4.66. The Hall–Kier alpha value is -3.30. The van der Waals surface area contributed by atoms with Crippen molar-refractivity contribution in [1.82, 2.24) is 14.1 Å². The first-order chi connectivity index (χ1) is 14.1. The number of fused-ring (bicyclic) bond motifs is 1. The van der Waals surface area contributed by atoms with E-state index in [2.05, 4.69) is 4.98 Å². The van der Waals surface area contributed by atoms with Crippen molar-refractivity contribution in [1.29, 1.82) is 0 Å². The Morgan fingerprint density at radius 1 is 1.20 bits per heavy atom. The van der Waals surface area contributed by atoms with Crippen molar-refractivity contribution in [3.8, 4) is 5.75 Å². The topological polar surface area (TPSA) is 75.3 Å². The van der Waals surface area contributed by atoms with Crippen molar-refractivity contribution in [2.24, 2.45) is 7.05 Å². The summed E-state index contributed by atoms with van der Waals surface area (Å²) in [5.74, 6) is -1.04. The van der Waals surface area contributed by atoms with Gasteiger partial charge in [-0.3, -0.25) is 9.36 Å². The third kappa shape index (κ3) is 4.17. The number of hydrogen-bond donors (Lipinski definition) is 0. The van der Waals surface area contributed by atoms with Crippen LogP contribution in [0, 0.1) is 6.92 Å². The molecule has 0 saturated heterocycles. The summed E-state index contributed by atoms with van der Waals surface area (Å²) in [4.78, 5) is 30.0. The molecule has 0 N–H and O–H groups in total. The van der Waals surface area contributed by atoms with E-state index in [-0.39, 0.29) is 29.9 Å². The number of aromatic nitrogens is 3. The van der Waals surface area contributed by atoms with E-state index in [9.17, 15) is 22.8 Å². The molecule has 2 heterocycles. The van der Waals surface area contributed by atoms with Gasteiger partial charge in [0.1, 0.15) is 11.2 Å². The number of aryl methyl sites for hydroxylation is 2. The fraction of sp³-hybridized carbons (Fsp3) is 0.350. The second-order valence-corrected chi connectivity index (χ2v) is 6.60. The summed E-state index contributed by atoms with van der Waals surface area (Å²) in [5, 5.41) is -0.202. The van der Waals surface area contributed by atoms with Gasteiger partial charge < -0.3 is 14.0 Å². The molecule has 0 amide bonds. The maximum Gasteiger partial charge on any atom is 0.422 e. The van der Waals surface area contributed by atoms with Crippen molar-refractivity contribution in [3.05, 3.63) is 57.8 Å². The molecule has 3 rings (SSSR count). The van der Waals surface area contributed by atoms with Crippen LogP contribution in [0.3, 0.4) is 0 Å². The van der Waals surface area contributed by atoms with E-state index in [4.69, 9.17) is 9.47 Å². The molecule has 1 aromatic carbocycles. The lowest BCUT2D eigenvalue weighted by molar-refractivity contribution is -0.153. The van der Waals surface area contributed by atoms with Crippen LogP contribution in [0.1, 0.15) is 28.8 Å². The van der Waals surface area contributed by atoms with Gasteiger partial charge >= 0.3 is 12.1 Å². The van der Waals surface area contributed by atoms with Gasteiger partial charge in [0.25, 0.3) is 5.56 Å². The van der Waals surface area contributed by atoms with E-state index in [1.54, 1.807) is 26.0 Å². The summed E-state index contributed by atoms with van der Waals surface area (Å²) in [6.45, 7) is 1.67. The Morgan fingerprint density at radius 3 is 2.47 bits per heavy atom. The Bertz CT molecular complexity index is 1130. The van der Waals surface area contributed by atoms with E-state index in [0.717, 1.165) is 5.56 Å². The van der Waals surface area contributed by atoms with Crippen LogP contribution in [0.5, 0.6) is 5.75 Å². The SMILES string of the molecule is CCOC(=O)c1c(OCC(F)(F)F)c2c(=O)n(Cc3ccccc3)c(C)nc2n1C. The Balaban J connectivity index is 2.24. The first-order valence-corrected chi connectivity index (χ1v) is 9.14. The first kappa shape index (κ1) is 21.4. The van der Waals surface area contributed by atoms with Gasteiger partial charge in [-0.05, 0) is 19.4 Å². The van der Waals surface area contributed by atoms with Crippen LogP contribution in [0.2, 0.25) is 0 Å². The zero-order chi connectivity index (χ0) is 22.1. The van der Waals surface area contributed by atoms with Gasteiger partial charge in [0.05, 0.1) is 13.2 Å². The minimum Gasteiger partial charge on any atom is -0.481 e. The molecule has 0 saturated carbocycles. The fourth-order valence-electron chi connectivity index (χ4n) is 3.14. The van der Waals surface area contributed by atoms with E-state index < -0.39 is 30.1 Å². The lowest BCUT2D eigenvalue weighted by atomic mass is 10.2. The van der Waals surface area contributed by atoms with Crippen LogP contribution in [0.4, 0.5) is 13.2 Å². The molecule has 0 aliphatic carbocycles. The minimum atomic E-state index is -4.66. The standard InChI is InChI=1S/C20H20F3N3O4/c1-4-29-19(28)15-16(30-11-20(21,22)23)14-17(25(15)3)24-12(2)26(18(14)27)10-13-8-6-5-7-9-13/h5-9H,4,10-11H2,1-3H3. The number of ether oxygens (including phenoxy) is 2. The zero-order valence-electron chi connectivity index (χ0n) is 16.6. The summed E-state index contributed by atoms with van der Waals surface area (Å²) in [5.41, 5.74) is -0.0487. The van der Waals surface area contributed by atoms with Crippen molar-refractivity contribution >= 4 is 17.0 Å². The van der Waals surface area contributed by atoms with E-state index >= 15 is 0 Å². The second-order valence-electron chi connectivity index (χ2n) is 6.60. The van der Waals surface area contributed by atoms with E-state index in [1.807, 2.05) is 18.2 Å². The summed E-state index contributed by atoms with van der Waals surface area (Å²) in [7, 11) is 1.42. The third-order valence-corrected chi connectivity index (χ3v) is 4.47. The van der Waals surface area contributed by atoms with Gasteiger partial charge in [-0.15, -0.1) is 0 Å². The molecular weight excluding hydrogens is 403 g/mol. The van der Waals surface area contributed by atoms with E-state index in [0.29, 0.717) is 5.82 Å². The highest BCUT2D eigenvalue weighted by atomic mass is 19.4. The van der Waals surface area contributed by atoms with Crippen LogP contribution < -0.4 is 10.3 Å². The highest BCUT2D eigenvalue weighted by Crippen LogP contribution is 2.32. The number of benzene rings is 1. The molecule has 0 aliphatic rings. The number of halogens is 3. The van der Waals surface area contributed by atoms with Crippen LogP contribution in [-0.4, -0.2) is 39.5 Å². The van der Waals surface area contributed by atoms with Crippen molar-refractivity contribution in [2.45, 2.75) is 26.6 Å². The Kier molecular flexibility index (Phi) is 5.86. The maximum absolute atomic E-state index is 13.2. The van der Waals surface area contributed by atoms with Crippen molar-refractivity contribution in [2.75, 3.05) is 13.2 Å². The first-order valence-electron chi connectivity index (χ1n) is 9.14. The number of nitrogens with zero attached hydrogens (tertiary/aromatic N) is 3. The summed E-state index contributed by atoms with van der Waals surface area (Å²) in [6, 6.07) is 9.06. The van der Waals surface area contributed by atoms with Gasteiger partial charge in [-0.1, -0.05) is 30.3 Å². The van der Waals surface area contributed by atoms with Gasteiger partial charge in [-0.25, -0.2) is 9.78 Å². The summed E-state index contributed by atoms with van der Waals surface area (Å²) >= 11 is 0. The lowest BCUT2D eigenvalue weighted by Crippen LogP contribution is -2.25. The minimum absolute atomic E-state index is 0.00374. The second kappa shape index (κ2) is 8.21. The number of carbonyl (C=O) groups excluding carboxylic acids is 1. The number of rotatable bonds is 6. The predicted molar refractivity (Wildman–Crippen MR) is 103 cm³/mol. The lowest BCUT2D eigenvalue weighted by Gasteiger charge is -2.12. The molecule has 10 heteroatoms. The largest absolute Gasteiger partial charge is 0.481 e. The van der Waals surface area contributed by atoms with Crippen LogP contribution in [-0.2, 0) is 18.3 Å². The van der Waals surface area contributed by atoms with Crippen LogP contribution >= 0.6 is 0 Å². The molecule has 7 nitrogen and oxygen atoms in total. The van der Waals surface area contributed by atoms with Gasteiger partial charge in [-0.2, -0.15) is 13.2 Å². The molecule has 0 radical (unpaired) electrons. The number of esters is 1. The number of alkyl halides is 3. The summed E-state index contributed by atoms with van der Waals surface area (Å²) < 4.78 is 50.9. The third-order valence-electron chi connectivity index (χ3n) is 4.47. The predicted octanol–water partition coefficient (Wildman–Crippen LogP) is 3.21. The van der Waals surface area contributed by atoms with Crippen molar-refractivity contribution < 1.29 is 27.4 Å². The molecule has 2 aromatic heterocycles. The van der Waals surface area contributed by atoms with E-state index in [1.165, 1.54) is 16.2 Å². The zero-order valence-corrected chi connectivity index (χ0v) is 16.6. The van der Waals surface area contributed by atoms with Crippen molar-refractivity contribution in [3.63, 3.8) is 0 Å². The van der Waals surface area contributed by atoms with Gasteiger partial charge in [0.2, 0.25) is 0 Å². The Labute approximate surface area is 169 Å². The van der Waals surface area contributed by atoms with Crippen LogP contribution in [0.15, 0.2) is 35.1 Å². The molecule has 0 spiro atoms. The van der Waals surface area contributed by atoms with Gasteiger partial charge in [0, 0.05) is 7.05 Å². The van der Waals surface area contributed by atoms with Gasteiger partial charge in [0.15, 0.2) is 23.7 Å². The highest BCUT2D eigenvalue weighted by Gasteiger charge is 2.33.